The van der Waals surface area contributed by atoms with Crippen LogP contribution in [0.2, 0.25) is 0 Å². The van der Waals surface area contributed by atoms with Crippen molar-refractivity contribution in [3.05, 3.63) is 29.6 Å². The fourth-order valence-corrected chi connectivity index (χ4v) is 3.96. The van der Waals surface area contributed by atoms with Gasteiger partial charge >= 0.3 is 0 Å². The molecule has 6 heteroatoms. The van der Waals surface area contributed by atoms with Gasteiger partial charge in [-0.3, -0.25) is 14.6 Å². The van der Waals surface area contributed by atoms with Crippen LogP contribution in [0, 0.1) is 12.3 Å². The molecule has 25 heavy (non-hydrogen) atoms. The summed E-state index contributed by atoms with van der Waals surface area (Å²) in [4.78, 5) is 32.8. The smallest absolute Gasteiger partial charge is 0.255 e. The number of piperidine rings is 2. The summed E-state index contributed by atoms with van der Waals surface area (Å²) in [6.45, 7) is 5.48. The first-order chi connectivity index (χ1) is 12.0. The van der Waals surface area contributed by atoms with Crippen LogP contribution in [0.5, 0.6) is 0 Å². The first kappa shape index (κ1) is 17.9. The molecule has 1 spiro atoms. The molecule has 0 unspecified atom stereocenters. The summed E-state index contributed by atoms with van der Waals surface area (Å²) in [5.41, 5.74) is 1.82. The minimum absolute atomic E-state index is 0.0728. The Bertz CT molecular complexity index is 639. The number of pyridine rings is 1. The zero-order valence-corrected chi connectivity index (χ0v) is 15.2. The molecule has 3 rings (SSSR count). The number of aromatic nitrogens is 1. The second-order valence-corrected chi connectivity index (χ2v) is 7.29. The van der Waals surface area contributed by atoms with Gasteiger partial charge < -0.3 is 14.5 Å². The predicted octanol–water partition coefficient (Wildman–Crippen LogP) is 1.88. The van der Waals surface area contributed by atoms with Crippen LogP contribution < -0.4 is 0 Å². The van der Waals surface area contributed by atoms with Crippen LogP contribution in [0.4, 0.5) is 0 Å². The van der Waals surface area contributed by atoms with E-state index in [9.17, 15) is 9.59 Å². The van der Waals surface area contributed by atoms with Gasteiger partial charge in [0, 0.05) is 52.1 Å². The third-order valence-electron chi connectivity index (χ3n) is 5.69. The molecule has 0 atom stereocenters. The van der Waals surface area contributed by atoms with E-state index >= 15 is 0 Å². The normalized spacial score (nSPS) is 20.2. The number of carbonyl (C=O) groups is 2. The molecule has 2 aliphatic heterocycles. The molecule has 1 aromatic heterocycles. The maximum absolute atomic E-state index is 12.8. The third kappa shape index (κ3) is 3.84. The number of hydrogen-bond acceptors (Lipinski definition) is 4. The maximum atomic E-state index is 12.8. The lowest BCUT2D eigenvalue weighted by Crippen LogP contribution is -2.53. The van der Waals surface area contributed by atoms with Crippen molar-refractivity contribution in [3.63, 3.8) is 0 Å². The summed E-state index contributed by atoms with van der Waals surface area (Å²) in [5, 5.41) is 0. The quantitative estimate of drug-likeness (QED) is 0.836. The average Bonchev–Trinajstić information content (AvgIpc) is 2.63. The molecule has 1 aromatic rings. The third-order valence-corrected chi connectivity index (χ3v) is 5.69. The van der Waals surface area contributed by atoms with Crippen molar-refractivity contribution in [1.29, 1.82) is 0 Å². The fourth-order valence-electron chi connectivity index (χ4n) is 3.96. The Labute approximate surface area is 149 Å². The molecule has 2 fully saturated rings. The molecule has 2 amide bonds. The zero-order valence-electron chi connectivity index (χ0n) is 15.2. The molecule has 136 valence electrons. The Morgan fingerprint density at radius 1 is 1.32 bits per heavy atom. The minimum atomic E-state index is 0.0728. The van der Waals surface area contributed by atoms with Crippen LogP contribution in [-0.4, -0.2) is 66.5 Å². The number of ether oxygens (including phenoxy) is 1. The number of carbonyl (C=O) groups excluding carboxylic acids is 2. The van der Waals surface area contributed by atoms with E-state index in [0.717, 1.165) is 44.5 Å². The molecular weight excluding hydrogens is 318 g/mol. The van der Waals surface area contributed by atoms with Gasteiger partial charge in [0.05, 0.1) is 12.2 Å². The van der Waals surface area contributed by atoms with Gasteiger partial charge in [-0.2, -0.15) is 0 Å². The van der Waals surface area contributed by atoms with E-state index < -0.39 is 0 Å². The van der Waals surface area contributed by atoms with E-state index in [1.54, 1.807) is 19.5 Å². The second-order valence-electron chi connectivity index (χ2n) is 7.29. The van der Waals surface area contributed by atoms with Crippen molar-refractivity contribution in [2.24, 2.45) is 5.41 Å². The SMILES string of the molecule is COCCN1CC2(CCC1=O)CCN(C(=O)c1cnccc1C)CC2. The average molecular weight is 345 g/mol. The van der Waals surface area contributed by atoms with Crippen molar-refractivity contribution in [2.75, 3.05) is 39.9 Å². The minimum Gasteiger partial charge on any atom is -0.383 e. The second kappa shape index (κ2) is 7.52. The molecular formula is C19H27N3O3. The van der Waals surface area contributed by atoms with E-state index in [4.69, 9.17) is 4.74 Å². The van der Waals surface area contributed by atoms with Gasteiger partial charge in [0.1, 0.15) is 0 Å². The van der Waals surface area contributed by atoms with Gasteiger partial charge in [0.2, 0.25) is 5.91 Å². The summed E-state index contributed by atoms with van der Waals surface area (Å²) in [7, 11) is 1.66. The molecule has 0 aromatic carbocycles. The van der Waals surface area contributed by atoms with Crippen molar-refractivity contribution < 1.29 is 14.3 Å². The molecule has 0 saturated carbocycles. The molecule has 6 nitrogen and oxygen atoms in total. The highest BCUT2D eigenvalue weighted by molar-refractivity contribution is 5.95. The van der Waals surface area contributed by atoms with Gasteiger partial charge in [-0.05, 0) is 43.2 Å². The topological polar surface area (TPSA) is 62.7 Å². The number of likely N-dealkylation sites (tertiary alicyclic amines) is 2. The van der Waals surface area contributed by atoms with Gasteiger partial charge in [-0.1, -0.05) is 0 Å². The number of aryl methyl sites for hydroxylation is 1. The van der Waals surface area contributed by atoms with Crippen molar-refractivity contribution in [2.45, 2.75) is 32.6 Å². The molecule has 0 N–H and O–H groups in total. The summed E-state index contributed by atoms with van der Waals surface area (Å²) in [6, 6.07) is 1.87. The van der Waals surface area contributed by atoms with E-state index in [1.807, 2.05) is 22.8 Å². The van der Waals surface area contributed by atoms with Crippen LogP contribution in [-0.2, 0) is 9.53 Å². The van der Waals surface area contributed by atoms with E-state index in [1.165, 1.54) is 0 Å². The standard InChI is InChI=1S/C19H27N3O3/c1-15-4-8-20-13-16(15)18(24)21-9-6-19(7-10-21)5-3-17(23)22(14-19)11-12-25-2/h4,8,13H,3,5-7,9-12,14H2,1-2H3. The highest BCUT2D eigenvalue weighted by Crippen LogP contribution is 2.40. The van der Waals surface area contributed by atoms with Gasteiger partial charge in [-0.25, -0.2) is 0 Å². The fraction of sp³-hybridized carbons (Fsp3) is 0.632. The van der Waals surface area contributed by atoms with Crippen molar-refractivity contribution in [1.82, 2.24) is 14.8 Å². The summed E-state index contributed by atoms with van der Waals surface area (Å²) < 4.78 is 5.12. The largest absolute Gasteiger partial charge is 0.383 e. The van der Waals surface area contributed by atoms with E-state index in [-0.39, 0.29) is 17.2 Å². The first-order valence-electron chi connectivity index (χ1n) is 9.01. The van der Waals surface area contributed by atoms with E-state index in [0.29, 0.717) is 25.1 Å². The molecule has 2 saturated heterocycles. The summed E-state index contributed by atoms with van der Waals surface area (Å²) >= 11 is 0. The van der Waals surface area contributed by atoms with E-state index in [2.05, 4.69) is 4.98 Å². The number of amides is 2. The lowest BCUT2D eigenvalue weighted by molar-refractivity contribution is -0.139. The van der Waals surface area contributed by atoms with Gasteiger partial charge in [0.25, 0.3) is 5.91 Å². The number of hydrogen-bond donors (Lipinski definition) is 0. The summed E-state index contributed by atoms with van der Waals surface area (Å²) in [5.74, 6) is 0.302. The van der Waals surface area contributed by atoms with Crippen LogP contribution >= 0.6 is 0 Å². The van der Waals surface area contributed by atoms with Gasteiger partial charge in [0.15, 0.2) is 0 Å². The summed E-state index contributed by atoms with van der Waals surface area (Å²) in [6.07, 6.45) is 6.82. The highest BCUT2D eigenvalue weighted by Gasteiger charge is 2.41. The van der Waals surface area contributed by atoms with Crippen molar-refractivity contribution >= 4 is 11.8 Å². The molecule has 0 aliphatic carbocycles. The van der Waals surface area contributed by atoms with Crippen molar-refractivity contribution in [3.8, 4) is 0 Å². The Morgan fingerprint density at radius 3 is 2.76 bits per heavy atom. The highest BCUT2D eigenvalue weighted by atomic mass is 16.5. The van der Waals surface area contributed by atoms with Crippen LogP contribution in [0.25, 0.3) is 0 Å². The lowest BCUT2D eigenvalue weighted by atomic mass is 9.72. The Kier molecular flexibility index (Phi) is 5.37. The first-order valence-corrected chi connectivity index (χ1v) is 9.01. The number of rotatable bonds is 4. The van der Waals surface area contributed by atoms with Gasteiger partial charge in [-0.15, -0.1) is 0 Å². The number of nitrogens with zero attached hydrogens (tertiary/aromatic N) is 3. The van der Waals surface area contributed by atoms with Crippen LogP contribution in [0.3, 0.4) is 0 Å². The lowest BCUT2D eigenvalue weighted by Gasteiger charge is -2.47. The Hall–Kier alpha value is -1.95. The molecule has 0 radical (unpaired) electrons. The molecule has 0 bridgehead atoms. The van der Waals surface area contributed by atoms with Crippen LogP contribution in [0.1, 0.15) is 41.6 Å². The zero-order chi connectivity index (χ0) is 17.9. The maximum Gasteiger partial charge on any atom is 0.255 e. The molecule has 2 aliphatic rings. The molecule has 3 heterocycles. The Morgan fingerprint density at radius 2 is 2.08 bits per heavy atom. The number of methoxy groups -OCH3 is 1. The van der Waals surface area contributed by atoms with Crippen LogP contribution in [0.15, 0.2) is 18.5 Å². The Balaban J connectivity index is 1.62. The monoisotopic (exact) mass is 345 g/mol. The predicted molar refractivity (Wildman–Crippen MR) is 94.2 cm³/mol.